The quantitative estimate of drug-likeness (QED) is 0.516. The van der Waals surface area contributed by atoms with Gasteiger partial charge in [-0.2, -0.15) is 0 Å². The minimum Gasteiger partial charge on any atom is -0.261 e. The number of nitrogens with zero attached hydrogens (tertiary/aromatic N) is 1. The van der Waals surface area contributed by atoms with E-state index in [4.69, 9.17) is 0 Å². The van der Waals surface area contributed by atoms with Gasteiger partial charge in [0.1, 0.15) is 28.5 Å². The van der Waals surface area contributed by atoms with Crippen LogP contribution in [0.25, 0.3) is 0 Å². The van der Waals surface area contributed by atoms with Crippen LogP contribution in [0.4, 0.5) is 0 Å². The second kappa shape index (κ2) is 7.01. The highest BCUT2D eigenvalue weighted by Crippen LogP contribution is 2.53. The number of pyridine rings is 1. The largest absolute Gasteiger partial charge is 0.261 e. The molecule has 4 aromatic rings. The summed E-state index contributed by atoms with van der Waals surface area (Å²) in [7, 11) is -1.97. The van der Waals surface area contributed by atoms with Crippen LogP contribution in [-0.2, 0) is 0 Å². The molecule has 0 aliphatic heterocycles. The Morgan fingerprint density at radius 3 is 1.20 bits per heavy atom. The van der Waals surface area contributed by atoms with Gasteiger partial charge in [-0.1, -0.05) is 54.6 Å². The van der Waals surface area contributed by atoms with E-state index in [0.717, 1.165) is 0 Å². The highest BCUT2D eigenvalue weighted by atomic mass is 31.2. The Bertz CT molecular complexity index is 759. The molecule has 25 heavy (non-hydrogen) atoms. The van der Waals surface area contributed by atoms with E-state index >= 15 is 0 Å². The van der Waals surface area contributed by atoms with E-state index in [1.165, 1.54) is 21.2 Å². The standard InChI is InChI=1S/C23H19NP/c1-4-11-20(12-5-1)25(21-13-6-2-7-14-21,22-15-8-3-9-16-22)23-17-10-18-24-19-23/h1-19H/q+1. The lowest BCUT2D eigenvalue weighted by atomic mass is 10.3. The SMILES string of the molecule is c1ccc([P+](c2ccccc2)(c2ccccc2)c2cccnc2)cc1. The smallest absolute Gasteiger partial charge is 0.145 e. The maximum absolute atomic E-state index is 4.45. The van der Waals surface area contributed by atoms with Crippen LogP contribution in [0.5, 0.6) is 0 Å². The maximum atomic E-state index is 4.45. The molecule has 1 aromatic heterocycles. The number of rotatable bonds is 4. The second-order valence-electron chi connectivity index (χ2n) is 5.89. The van der Waals surface area contributed by atoms with Crippen molar-refractivity contribution < 1.29 is 0 Å². The van der Waals surface area contributed by atoms with Gasteiger partial charge >= 0.3 is 0 Å². The zero-order valence-electron chi connectivity index (χ0n) is 13.9. The van der Waals surface area contributed by atoms with Gasteiger partial charge in [-0.05, 0) is 48.5 Å². The van der Waals surface area contributed by atoms with Gasteiger partial charge in [0.2, 0.25) is 0 Å². The van der Waals surface area contributed by atoms with E-state index in [-0.39, 0.29) is 0 Å². The third-order valence-corrected chi connectivity index (χ3v) is 8.72. The average molecular weight is 340 g/mol. The molecule has 0 aliphatic rings. The first kappa shape index (κ1) is 15.7. The van der Waals surface area contributed by atoms with Gasteiger partial charge in [0.25, 0.3) is 0 Å². The second-order valence-corrected chi connectivity index (χ2v) is 9.30. The summed E-state index contributed by atoms with van der Waals surface area (Å²) in [6.45, 7) is 0. The Hall–Kier alpha value is -2.76. The summed E-state index contributed by atoms with van der Waals surface area (Å²) in [5.41, 5.74) is 0. The molecule has 3 aromatic carbocycles. The third-order valence-electron chi connectivity index (χ3n) is 4.46. The van der Waals surface area contributed by atoms with Gasteiger partial charge in [0.05, 0.1) is 6.20 Å². The van der Waals surface area contributed by atoms with Crippen LogP contribution in [0.15, 0.2) is 116 Å². The van der Waals surface area contributed by atoms with Gasteiger partial charge in [-0.25, -0.2) is 0 Å². The first-order valence-electron chi connectivity index (χ1n) is 8.39. The zero-order valence-corrected chi connectivity index (χ0v) is 14.8. The fourth-order valence-electron chi connectivity index (χ4n) is 3.40. The first-order valence-corrected chi connectivity index (χ1v) is 10.2. The third kappa shape index (κ3) is 2.77. The number of aromatic nitrogens is 1. The van der Waals surface area contributed by atoms with Crippen LogP contribution in [0.3, 0.4) is 0 Å². The highest BCUT2D eigenvalue weighted by molar-refractivity contribution is 8.01. The Balaban J connectivity index is 2.13. The number of hydrogen-bond acceptors (Lipinski definition) is 1. The molecule has 4 rings (SSSR count). The monoisotopic (exact) mass is 340 g/mol. The van der Waals surface area contributed by atoms with Crippen LogP contribution in [0.2, 0.25) is 0 Å². The van der Waals surface area contributed by atoms with Gasteiger partial charge in [0.15, 0.2) is 0 Å². The van der Waals surface area contributed by atoms with Crippen molar-refractivity contribution in [3.05, 3.63) is 116 Å². The Kier molecular flexibility index (Phi) is 4.41. The van der Waals surface area contributed by atoms with Gasteiger partial charge in [0, 0.05) is 6.20 Å². The number of benzene rings is 3. The van der Waals surface area contributed by atoms with Crippen LogP contribution in [0, 0.1) is 0 Å². The fourth-order valence-corrected chi connectivity index (χ4v) is 7.60. The van der Waals surface area contributed by atoms with Crippen molar-refractivity contribution in [1.82, 2.24) is 4.98 Å². The molecule has 0 atom stereocenters. The normalized spacial score (nSPS) is 11.2. The summed E-state index contributed by atoms with van der Waals surface area (Å²) in [5.74, 6) is 0. The Morgan fingerprint density at radius 1 is 0.440 bits per heavy atom. The van der Waals surface area contributed by atoms with Crippen LogP contribution < -0.4 is 21.2 Å². The Labute approximate surface area is 149 Å². The number of hydrogen-bond donors (Lipinski definition) is 0. The molecule has 0 N–H and O–H groups in total. The van der Waals surface area contributed by atoms with Gasteiger partial charge in [-0.3, -0.25) is 4.98 Å². The summed E-state index contributed by atoms with van der Waals surface area (Å²) in [6, 6.07) is 36.8. The predicted molar refractivity (Wildman–Crippen MR) is 109 cm³/mol. The molecule has 0 aliphatic carbocycles. The lowest BCUT2D eigenvalue weighted by Gasteiger charge is -2.27. The van der Waals surface area contributed by atoms with Crippen LogP contribution >= 0.6 is 7.26 Å². The lowest BCUT2D eigenvalue weighted by Crippen LogP contribution is -2.38. The van der Waals surface area contributed by atoms with E-state index in [2.05, 4.69) is 102 Å². The van der Waals surface area contributed by atoms with E-state index in [0.29, 0.717) is 0 Å². The summed E-state index contributed by atoms with van der Waals surface area (Å²) in [4.78, 5) is 4.45. The zero-order chi connectivity index (χ0) is 17.0. The average Bonchev–Trinajstić information content (AvgIpc) is 2.72. The fraction of sp³-hybridized carbons (Fsp3) is 0. The minimum atomic E-state index is -1.97. The summed E-state index contributed by atoms with van der Waals surface area (Å²) in [5, 5.41) is 5.32. The van der Waals surface area contributed by atoms with Crippen molar-refractivity contribution >= 4 is 28.5 Å². The molecule has 0 bridgehead atoms. The molecular formula is C23H19NP+. The van der Waals surface area contributed by atoms with Gasteiger partial charge < -0.3 is 0 Å². The molecule has 0 radical (unpaired) electrons. The highest BCUT2D eigenvalue weighted by Gasteiger charge is 2.47. The first-order chi connectivity index (χ1) is 12.4. The molecule has 2 heteroatoms. The molecule has 0 spiro atoms. The Morgan fingerprint density at radius 2 is 0.840 bits per heavy atom. The topological polar surface area (TPSA) is 12.9 Å². The molecule has 0 amide bonds. The van der Waals surface area contributed by atoms with E-state index in [1.807, 2.05) is 18.5 Å². The summed E-state index contributed by atoms with van der Waals surface area (Å²) >= 11 is 0. The van der Waals surface area contributed by atoms with Crippen molar-refractivity contribution in [3.8, 4) is 0 Å². The van der Waals surface area contributed by atoms with E-state index in [9.17, 15) is 0 Å². The van der Waals surface area contributed by atoms with Crippen molar-refractivity contribution in [2.45, 2.75) is 0 Å². The molecule has 0 saturated heterocycles. The molecule has 0 saturated carbocycles. The van der Waals surface area contributed by atoms with E-state index in [1.54, 1.807) is 0 Å². The van der Waals surface area contributed by atoms with Crippen molar-refractivity contribution in [3.63, 3.8) is 0 Å². The lowest BCUT2D eigenvalue weighted by molar-refractivity contribution is 1.35. The van der Waals surface area contributed by atoms with Crippen molar-refractivity contribution in [1.29, 1.82) is 0 Å². The molecule has 0 fully saturated rings. The molecule has 120 valence electrons. The molecule has 1 heterocycles. The van der Waals surface area contributed by atoms with Crippen molar-refractivity contribution in [2.75, 3.05) is 0 Å². The molecule has 1 nitrogen and oxygen atoms in total. The summed E-state index contributed by atoms with van der Waals surface area (Å²) in [6.07, 6.45) is 3.87. The predicted octanol–water partition coefficient (Wildman–Crippen LogP) is 3.70. The minimum absolute atomic E-state index is 1.28. The van der Waals surface area contributed by atoms with E-state index < -0.39 is 7.26 Å². The van der Waals surface area contributed by atoms with Crippen molar-refractivity contribution in [2.24, 2.45) is 0 Å². The maximum Gasteiger partial charge on any atom is 0.145 e. The summed E-state index contributed by atoms with van der Waals surface area (Å²) < 4.78 is 0. The van der Waals surface area contributed by atoms with Crippen LogP contribution in [0.1, 0.15) is 0 Å². The molecule has 0 unspecified atom stereocenters. The van der Waals surface area contributed by atoms with Gasteiger partial charge in [-0.15, -0.1) is 0 Å². The molecular weight excluding hydrogens is 321 g/mol. The van der Waals surface area contributed by atoms with Crippen LogP contribution in [-0.4, -0.2) is 4.98 Å².